The van der Waals surface area contributed by atoms with Gasteiger partial charge in [-0.15, -0.1) is 0 Å². The van der Waals surface area contributed by atoms with Crippen molar-refractivity contribution in [2.45, 2.75) is 0 Å². The van der Waals surface area contributed by atoms with Crippen molar-refractivity contribution in [1.82, 2.24) is 25.4 Å². The highest BCUT2D eigenvalue weighted by molar-refractivity contribution is 6.42. The number of halogens is 2. The number of nitrogens with zero attached hydrogens (tertiary/aromatic N) is 4. The lowest BCUT2D eigenvalue weighted by Gasteiger charge is -2.36. The monoisotopic (exact) mass is 397 g/mol. The molecule has 1 fully saturated rings. The maximum absolute atomic E-state index is 12.2. The quantitative estimate of drug-likeness (QED) is 0.725. The second-order valence-electron chi connectivity index (χ2n) is 5.61. The van der Waals surface area contributed by atoms with Gasteiger partial charge in [0, 0.05) is 31.9 Å². The van der Waals surface area contributed by atoms with E-state index in [4.69, 9.17) is 23.2 Å². The van der Waals surface area contributed by atoms with E-state index in [1.807, 2.05) is 12.1 Å². The average molecular weight is 398 g/mol. The van der Waals surface area contributed by atoms with E-state index in [9.17, 15) is 9.59 Å². The number of aromatic nitrogens is 3. The van der Waals surface area contributed by atoms with Gasteiger partial charge in [-0.1, -0.05) is 23.2 Å². The molecule has 1 aromatic heterocycles. The molecular weight excluding hydrogens is 381 g/mol. The van der Waals surface area contributed by atoms with E-state index in [1.165, 1.54) is 6.33 Å². The number of rotatable bonds is 4. The summed E-state index contributed by atoms with van der Waals surface area (Å²) in [5, 5.41) is 12.2. The minimum atomic E-state index is -0.385. The van der Waals surface area contributed by atoms with Gasteiger partial charge in [-0.05, 0) is 18.2 Å². The predicted molar refractivity (Wildman–Crippen MR) is 98.7 cm³/mol. The number of nitrogens with one attached hydrogen (secondary N) is 3. The Morgan fingerprint density at radius 1 is 1.15 bits per heavy atom. The third kappa shape index (κ3) is 4.55. The molecule has 0 unspecified atom stereocenters. The topological polar surface area (TPSA) is 106 Å². The lowest BCUT2D eigenvalue weighted by molar-refractivity contribution is -0.115. The normalized spacial score (nSPS) is 14.2. The first kappa shape index (κ1) is 18.3. The highest BCUT2D eigenvalue weighted by atomic mass is 35.5. The molecule has 1 aliphatic rings. The first-order chi connectivity index (χ1) is 12.5. The first-order valence-electron chi connectivity index (χ1n) is 7.91. The zero-order valence-electron chi connectivity index (χ0n) is 13.7. The maximum atomic E-state index is 12.2. The van der Waals surface area contributed by atoms with Crippen LogP contribution in [-0.2, 0) is 4.79 Å². The number of piperazine rings is 1. The summed E-state index contributed by atoms with van der Waals surface area (Å²) in [7, 11) is 0. The smallest absolute Gasteiger partial charge is 0.317 e. The van der Waals surface area contributed by atoms with Gasteiger partial charge in [0.25, 0.3) is 0 Å². The molecule has 3 N–H and O–H groups in total. The van der Waals surface area contributed by atoms with Crippen LogP contribution >= 0.6 is 23.2 Å². The number of hydrogen-bond donors (Lipinski definition) is 3. The van der Waals surface area contributed by atoms with Gasteiger partial charge in [0.2, 0.25) is 11.9 Å². The van der Waals surface area contributed by atoms with Gasteiger partial charge in [-0.3, -0.25) is 10.1 Å². The van der Waals surface area contributed by atoms with Crippen LogP contribution in [0, 0.1) is 0 Å². The van der Waals surface area contributed by atoms with Crippen LogP contribution in [0.4, 0.5) is 16.4 Å². The Labute approximate surface area is 159 Å². The maximum Gasteiger partial charge on any atom is 0.317 e. The second-order valence-corrected chi connectivity index (χ2v) is 6.43. The van der Waals surface area contributed by atoms with Crippen LogP contribution in [0.25, 0.3) is 0 Å². The zero-order valence-corrected chi connectivity index (χ0v) is 15.2. The van der Waals surface area contributed by atoms with Crippen molar-refractivity contribution in [2.24, 2.45) is 0 Å². The Balaban J connectivity index is 1.44. The summed E-state index contributed by atoms with van der Waals surface area (Å²) < 4.78 is 0. The van der Waals surface area contributed by atoms with E-state index in [0.29, 0.717) is 36.2 Å². The number of hydrogen-bond acceptors (Lipinski definition) is 5. The van der Waals surface area contributed by atoms with Crippen LogP contribution in [0.1, 0.15) is 0 Å². The minimum absolute atomic E-state index is 0.146. The summed E-state index contributed by atoms with van der Waals surface area (Å²) in [6.07, 6.45) is 1.28. The predicted octanol–water partition coefficient (Wildman–Crippen LogP) is 1.58. The van der Waals surface area contributed by atoms with Gasteiger partial charge < -0.3 is 15.1 Å². The van der Waals surface area contributed by atoms with Crippen molar-refractivity contribution in [3.05, 3.63) is 34.6 Å². The van der Waals surface area contributed by atoms with Crippen molar-refractivity contribution in [2.75, 3.05) is 42.9 Å². The molecule has 1 aliphatic heterocycles. The molecule has 0 bridgehead atoms. The Hall–Kier alpha value is -2.52. The molecule has 9 nitrogen and oxygen atoms in total. The van der Waals surface area contributed by atoms with Crippen molar-refractivity contribution in [1.29, 1.82) is 0 Å². The Bertz CT molecular complexity index is 776. The summed E-state index contributed by atoms with van der Waals surface area (Å²) in [5.74, 6) is -0.149. The van der Waals surface area contributed by atoms with E-state index in [1.54, 1.807) is 11.0 Å². The van der Waals surface area contributed by atoms with Gasteiger partial charge in [-0.25, -0.2) is 9.89 Å². The molecule has 0 atom stereocenters. The van der Waals surface area contributed by atoms with Crippen molar-refractivity contribution in [3.63, 3.8) is 0 Å². The summed E-state index contributed by atoms with van der Waals surface area (Å²) in [5.41, 5.74) is 0.964. The third-order valence-corrected chi connectivity index (χ3v) is 4.65. The van der Waals surface area contributed by atoms with E-state index in [0.717, 1.165) is 5.69 Å². The molecule has 0 spiro atoms. The molecule has 1 aromatic carbocycles. The molecule has 1 saturated heterocycles. The summed E-state index contributed by atoms with van der Waals surface area (Å²) in [6.45, 7) is 2.25. The molecule has 3 rings (SSSR count). The number of aromatic amines is 1. The summed E-state index contributed by atoms with van der Waals surface area (Å²) in [4.78, 5) is 31.5. The standard InChI is InChI=1S/C15H17Cl2N7O2/c16-11-2-1-10(7-12(11)17)23-3-5-24(6-4-23)15(26)18-8-13(25)21-14-19-9-20-22-14/h1-2,7,9H,3-6,8H2,(H,18,26)(H2,19,20,21,22,25). The van der Waals surface area contributed by atoms with Crippen LogP contribution in [0.3, 0.4) is 0 Å². The second kappa shape index (κ2) is 8.24. The van der Waals surface area contributed by atoms with E-state index in [2.05, 4.69) is 30.7 Å². The molecule has 0 aliphatic carbocycles. The number of benzene rings is 1. The molecule has 2 aromatic rings. The number of amides is 3. The van der Waals surface area contributed by atoms with Crippen LogP contribution < -0.4 is 15.5 Å². The molecule has 11 heteroatoms. The first-order valence-corrected chi connectivity index (χ1v) is 8.66. The molecule has 26 heavy (non-hydrogen) atoms. The summed E-state index contributed by atoms with van der Waals surface area (Å²) in [6, 6.07) is 5.18. The van der Waals surface area contributed by atoms with Gasteiger partial charge in [-0.2, -0.15) is 10.1 Å². The molecule has 0 saturated carbocycles. The molecule has 138 valence electrons. The lowest BCUT2D eigenvalue weighted by Crippen LogP contribution is -2.52. The van der Waals surface area contributed by atoms with E-state index >= 15 is 0 Å². The van der Waals surface area contributed by atoms with Crippen molar-refractivity contribution >= 4 is 46.8 Å². The summed E-state index contributed by atoms with van der Waals surface area (Å²) >= 11 is 12.0. The van der Waals surface area contributed by atoms with Gasteiger partial charge >= 0.3 is 6.03 Å². The number of anilines is 2. The number of H-pyrrole nitrogens is 1. The molecular formula is C15H17Cl2N7O2. The SMILES string of the molecule is O=C(CNC(=O)N1CCN(c2ccc(Cl)c(Cl)c2)CC1)Nc1ncn[nH]1. The largest absolute Gasteiger partial charge is 0.368 e. The van der Waals surface area contributed by atoms with Crippen LogP contribution in [0.5, 0.6) is 0 Å². The fourth-order valence-electron chi connectivity index (χ4n) is 2.56. The highest BCUT2D eigenvalue weighted by Crippen LogP contribution is 2.27. The Morgan fingerprint density at radius 3 is 2.58 bits per heavy atom. The highest BCUT2D eigenvalue weighted by Gasteiger charge is 2.22. The third-order valence-electron chi connectivity index (χ3n) is 3.91. The van der Waals surface area contributed by atoms with E-state index in [-0.39, 0.29) is 24.4 Å². The fraction of sp³-hybridized carbons (Fsp3) is 0.333. The molecule has 0 radical (unpaired) electrons. The van der Waals surface area contributed by atoms with Crippen molar-refractivity contribution < 1.29 is 9.59 Å². The van der Waals surface area contributed by atoms with Crippen LogP contribution in [0.2, 0.25) is 10.0 Å². The molecule has 3 amide bonds. The number of carbonyl (C=O) groups excluding carboxylic acids is 2. The lowest BCUT2D eigenvalue weighted by atomic mass is 10.2. The average Bonchev–Trinajstić information content (AvgIpc) is 3.15. The van der Waals surface area contributed by atoms with Crippen molar-refractivity contribution in [3.8, 4) is 0 Å². The minimum Gasteiger partial charge on any atom is -0.368 e. The number of carbonyl (C=O) groups is 2. The molecule has 2 heterocycles. The van der Waals surface area contributed by atoms with Gasteiger partial charge in [0.1, 0.15) is 6.33 Å². The Kier molecular flexibility index (Phi) is 5.79. The van der Waals surface area contributed by atoms with Gasteiger partial charge in [0.15, 0.2) is 0 Å². The Morgan fingerprint density at radius 2 is 1.92 bits per heavy atom. The van der Waals surface area contributed by atoms with Crippen LogP contribution in [0.15, 0.2) is 24.5 Å². The van der Waals surface area contributed by atoms with E-state index < -0.39 is 0 Å². The van der Waals surface area contributed by atoms with Crippen LogP contribution in [-0.4, -0.2) is 64.7 Å². The van der Waals surface area contributed by atoms with Gasteiger partial charge in [0.05, 0.1) is 16.6 Å². The number of urea groups is 1. The zero-order chi connectivity index (χ0) is 18.5. The fourth-order valence-corrected chi connectivity index (χ4v) is 2.85.